The van der Waals surface area contributed by atoms with Crippen molar-refractivity contribution in [1.82, 2.24) is 4.90 Å². The van der Waals surface area contributed by atoms with Crippen molar-refractivity contribution in [3.8, 4) is 0 Å². The van der Waals surface area contributed by atoms with E-state index in [2.05, 4.69) is 12.2 Å². The third-order valence-electron chi connectivity index (χ3n) is 4.33. The molecule has 1 saturated carbocycles. The number of aliphatic hydroxyl groups excluding tert-OH is 1. The number of amides is 2. The lowest BCUT2D eigenvalue weighted by molar-refractivity contribution is 0.106. The summed E-state index contributed by atoms with van der Waals surface area (Å²) in [6, 6.07) is 5.77. The van der Waals surface area contributed by atoms with Gasteiger partial charge in [-0.25, -0.2) is 4.79 Å². The second-order valence-corrected chi connectivity index (χ2v) is 5.84. The number of benzene rings is 1. The topological polar surface area (TPSA) is 52.6 Å². The summed E-state index contributed by atoms with van der Waals surface area (Å²) in [4.78, 5) is 13.2. The molecule has 2 N–H and O–H groups in total. The fourth-order valence-electron chi connectivity index (χ4n) is 2.77. The van der Waals surface area contributed by atoms with Gasteiger partial charge < -0.3 is 15.3 Å². The minimum Gasteiger partial charge on any atom is -0.388 e. The maximum absolute atomic E-state index is 11.5. The quantitative estimate of drug-likeness (QED) is 0.878. The molecule has 2 atom stereocenters. The molecule has 1 aliphatic heterocycles. The number of rotatable bonds is 3. The van der Waals surface area contributed by atoms with Gasteiger partial charge in [-0.3, -0.25) is 0 Å². The van der Waals surface area contributed by atoms with Gasteiger partial charge in [-0.15, -0.1) is 0 Å². The van der Waals surface area contributed by atoms with E-state index in [-0.39, 0.29) is 6.03 Å². The molecule has 4 nitrogen and oxygen atoms in total. The maximum atomic E-state index is 11.5. The van der Waals surface area contributed by atoms with Gasteiger partial charge in [0.2, 0.25) is 0 Å². The molecule has 19 heavy (non-hydrogen) atoms. The van der Waals surface area contributed by atoms with Gasteiger partial charge in [0, 0.05) is 19.3 Å². The highest BCUT2D eigenvalue weighted by atomic mass is 16.3. The Morgan fingerprint density at radius 2 is 2.16 bits per heavy atom. The van der Waals surface area contributed by atoms with Crippen molar-refractivity contribution in [2.45, 2.75) is 32.4 Å². The Morgan fingerprint density at radius 3 is 2.84 bits per heavy atom. The number of carbonyl (C=O) groups is 1. The number of nitrogens with zero attached hydrogens (tertiary/aromatic N) is 1. The lowest BCUT2D eigenvalue weighted by Crippen LogP contribution is -2.35. The van der Waals surface area contributed by atoms with Gasteiger partial charge >= 0.3 is 6.03 Å². The van der Waals surface area contributed by atoms with Crippen molar-refractivity contribution in [3.63, 3.8) is 0 Å². The zero-order valence-corrected chi connectivity index (χ0v) is 11.4. The number of nitrogens with one attached hydrogen (secondary N) is 1. The molecule has 2 amide bonds. The highest BCUT2D eigenvalue weighted by Crippen LogP contribution is 2.43. The van der Waals surface area contributed by atoms with E-state index in [0.29, 0.717) is 18.4 Å². The second-order valence-electron chi connectivity index (χ2n) is 5.84. The summed E-state index contributed by atoms with van der Waals surface area (Å²) in [5.41, 5.74) is 2.89. The summed E-state index contributed by atoms with van der Waals surface area (Å²) in [6.45, 7) is 2.72. The Kier molecular flexibility index (Phi) is 2.97. The van der Waals surface area contributed by atoms with Gasteiger partial charge in [0.05, 0.1) is 6.10 Å². The average molecular weight is 260 g/mol. The smallest absolute Gasteiger partial charge is 0.321 e. The van der Waals surface area contributed by atoms with Gasteiger partial charge in [-0.1, -0.05) is 13.0 Å². The molecule has 1 aromatic rings. The van der Waals surface area contributed by atoms with Crippen molar-refractivity contribution >= 4 is 11.7 Å². The number of hydrogen-bond donors (Lipinski definition) is 2. The predicted octanol–water partition coefficient (Wildman–Crippen LogP) is 2.74. The summed E-state index contributed by atoms with van der Waals surface area (Å²) in [5, 5.41) is 13.3. The number of aliphatic hydroxyl groups is 1. The van der Waals surface area contributed by atoms with Crippen LogP contribution in [0.1, 0.15) is 37.0 Å². The van der Waals surface area contributed by atoms with Gasteiger partial charge in [-0.05, 0) is 47.9 Å². The number of fused-ring (bicyclic) bond motifs is 1. The first-order valence-electron chi connectivity index (χ1n) is 6.89. The SMILES string of the molecule is CC(C1CC1)C(O)c1ccc2c(c1)CN(C)C(=O)N2. The largest absolute Gasteiger partial charge is 0.388 e. The molecule has 1 aromatic carbocycles. The Hall–Kier alpha value is -1.55. The standard InChI is InChI=1S/C15H20N2O2/c1-9(10-3-4-10)14(18)11-5-6-13-12(7-11)8-17(2)15(19)16-13/h5-7,9-10,14,18H,3-4,8H2,1-2H3,(H,16,19). The van der Waals surface area contributed by atoms with E-state index < -0.39 is 6.10 Å². The summed E-state index contributed by atoms with van der Waals surface area (Å²) >= 11 is 0. The minimum atomic E-state index is -0.402. The molecular weight excluding hydrogens is 240 g/mol. The lowest BCUT2D eigenvalue weighted by atomic mass is 9.92. The number of anilines is 1. The van der Waals surface area contributed by atoms with Crippen LogP contribution in [0.25, 0.3) is 0 Å². The van der Waals surface area contributed by atoms with E-state index in [4.69, 9.17) is 0 Å². The monoisotopic (exact) mass is 260 g/mol. The summed E-state index contributed by atoms with van der Waals surface area (Å²) in [7, 11) is 1.77. The van der Waals surface area contributed by atoms with Crippen LogP contribution in [-0.4, -0.2) is 23.1 Å². The highest BCUT2D eigenvalue weighted by molar-refractivity contribution is 5.92. The molecule has 2 aliphatic rings. The Bertz CT molecular complexity index is 511. The second kappa shape index (κ2) is 4.53. The minimum absolute atomic E-state index is 0.0767. The van der Waals surface area contributed by atoms with Gasteiger partial charge in [0.25, 0.3) is 0 Å². The van der Waals surface area contributed by atoms with Crippen LogP contribution < -0.4 is 5.32 Å². The van der Waals surface area contributed by atoms with Gasteiger partial charge in [-0.2, -0.15) is 0 Å². The molecule has 0 aromatic heterocycles. The van der Waals surface area contributed by atoms with Crippen molar-refractivity contribution in [2.24, 2.45) is 11.8 Å². The van der Waals surface area contributed by atoms with Crippen LogP contribution in [0.4, 0.5) is 10.5 Å². The highest BCUT2D eigenvalue weighted by Gasteiger charge is 2.33. The van der Waals surface area contributed by atoms with Crippen LogP contribution in [-0.2, 0) is 6.54 Å². The summed E-state index contributed by atoms with van der Waals surface area (Å²) in [6.07, 6.45) is 2.07. The molecule has 0 saturated heterocycles. The Balaban J connectivity index is 1.84. The molecule has 1 fully saturated rings. The van der Waals surface area contributed by atoms with E-state index >= 15 is 0 Å². The van der Waals surface area contributed by atoms with Crippen molar-refractivity contribution in [2.75, 3.05) is 12.4 Å². The third-order valence-corrected chi connectivity index (χ3v) is 4.33. The molecule has 4 heteroatoms. The first-order valence-corrected chi connectivity index (χ1v) is 6.89. The van der Waals surface area contributed by atoms with Crippen molar-refractivity contribution in [3.05, 3.63) is 29.3 Å². The van der Waals surface area contributed by atoms with E-state index in [1.807, 2.05) is 18.2 Å². The average Bonchev–Trinajstić information content (AvgIpc) is 3.22. The number of urea groups is 1. The van der Waals surface area contributed by atoms with E-state index in [0.717, 1.165) is 16.8 Å². The Morgan fingerprint density at radius 1 is 1.42 bits per heavy atom. The van der Waals surface area contributed by atoms with Gasteiger partial charge in [0.1, 0.15) is 0 Å². The predicted molar refractivity (Wildman–Crippen MR) is 73.8 cm³/mol. The zero-order chi connectivity index (χ0) is 13.6. The van der Waals surface area contributed by atoms with Crippen molar-refractivity contribution in [1.29, 1.82) is 0 Å². The molecule has 1 heterocycles. The molecule has 102 valence electrons. The van der Waals surface area contributed by atoms with Crippen LogP contribution in [0.2, 0.25) is 0 Å². The molecule has 0 radical (unpaired) electrons. The molecule has 0 bridgehead atoms. The molecule has 1 aliphatic carbocycles. The maximum Gasteiger partial charge on any atom is 0.321 e. The summed E-state index contributed by atoms with van der Waals surface area (Å²) < 4.78 is 0. The fourth-order valence-corrected chi connectivity index (χ4v) is 2.77. The van der Waals surface area contributed by atoms with Crippen LogP contribution in [0.15, 0.2) is 18.2 Å². The van der Waals surface area contributed by atoms with E-state index in [1.54, 1.807) is 11.9 Å². The van der Waals surface area contributed by atoms with Gasteiger partial charge in [0.15, 0.2) is 0 Å². The third kappa shape index (κ3) is 2.32. The molecule has 3 rings (SSSR count). The van der Waals surface area contributed by atoms with Crippen molar-refractivity contribution < 1.29 is 9.90 Å². The van der Waals surface area contributed by atoms with E-state index in [9.17, 15) is 9.90 Å². The van der Waals surface area contributed by atoms with Crippen LogP contribution in [0.3, 0.4) is 0 Å². The normalized spacial score (nSPS) is 21.6. The zero-order valence-electron chi connectivity index (χ0n) is 11.4. The fraction of sp³-hybridized carbons (Fsp3) is 0.533. The molecular formula is C15H20N2O2. The molecule has 2 unspecified atom stereocenters. The number of carbonyl (C=O) groups excluding carboxylic acids is 1. The first-order chi connectivity index (χ1) is 9.06. The Labute approximate surface area is 113 Å². The first kappa shape index (κ1) is 12.5. The van der Waals surface area contributed by atoms with Crippen LogP contribution in [0.5, 0.6) is 0 Å². The lowest BCUT2D eigenvalue weighted by Gasteiger charge is -2.27. The number of hydrogen-bond acceptors (Lipinski definition) is 2. The van der Waals surface area contributed by atoms with Crippen LogP contribution >= 0.6 is 0 Å². The molecule has 0 spiro atoms. The van der Waals surface area contributed by atoms with Crippen LogP contribution in [0, 0.1) is 11.8 Å². The summed E-state index contributed by atoms with van der Waals surface area (Å²) in [5.74, 6) is 0.988. The van der Waals surface area contributed by atoms with E-state index in [1.165, 1.54) is 12.8 Å².